The largest absolute Gasteiger partial charge is 0.451 e. The molecule has 0 unspecified atom stereocenters. The monoisotopic (exact) mass is 396 g/mol. The lowest BCUT2D eigenvalue weighted by Gasteiger charge is -2.13. The van der Waals surface area contributed by atoms with E-state index >= 15 is 0 Å². The van der Waals surface area contributed by atoms with Crippen LogP contribution in [0.15, 0.2) is 35.7 Å². The average Bonchev–Trinajstić information content (AvgIpc) is 2.87. The van der Waals surface area contributed by atoms with Crippen molar-refractivity contribution in [2.24, 2.45) is 12.8 Å². The highest BCUT2D eigenvalue weighted by atomic mass is 79.9. The van der Waals surface area contributed by atoms with Crippen LogP contribution in [0.5, 0.6) is 5.75 Å². The number of ether oxygens (including phenoxy) is 1. The first-order valence-corrected chi connectivity index (χ1v) is 7.47. The van der Waals surface area contributed by atoms with Crippen molar-refractivity contribution in [2.75, 3.05) is 0 Å². The number of hydrogen-bond donors (Lipinski definition) is 1. The van der Waals surface area contributed by atoms with Gasteiger partial charge in [0.05, 0.1) is 18.0 Å². The van der Waals surface area contributed by atoms with Gasteiger partial charge in [0, 0.05) is 25.6 Å². The van der Waals surface area contributed by atoms with E-state index in [2.05, 4.69) is 35.9 Å². The molecule has 0 amide bonds. The number of fused-ring (bicyclic) bond motifs is 1. The molecule has 0 bridgehead atoms. The van der Waals surface area contributed by atoms with Crippen LogP contribution in [-0.2, 0) is 7.05 Å². The van der Waals surface area contributed by atoms with Gasteiger partial charge in [0.25, 0.3) is 6.43 Å². The standard InChI is InChI=1S/C14H11BrF2N6O/c1-23-11-10(12(16)17)9(6-21-13(11)22-14(23)15)24-8(4-18)7-5-19-2-3-20-7/h2-6,12H,18H2,1H3. The van der Waals surface area contributed by atoms with Crippen molar-refractivity contribution in [3.63, 3.8) is 0 Å². The lowest BCUT2D eigenvalue weighted by atomic mass is 10.2. The van der Waals surface area contributed by atoms with E-state index in [1.165, 1.54) is 29.4 Å². The highest BCUT2D eigenvalue weighted by Crippen LogP contribution is 2.37. The first-order valence-electron chi connectivity index (χ1n) is 6.68. The zero-order valence-corrected chi connectivity index (χ0v) is 13.9. The lowest BCUT2D eigenvalue weighted by molar-refractivity contribution is 0.149. The second-order valence-corrected chi connectivity index (χ2v) is 5.38. The number of imidazole rings is 1. The van der Waals surface area contributed by atoms with Gasteiger partial charge >= 0.3 is 0 Å². The minimum absolute atomic E-state index is 0.0902. The van der Waals surface area contributed by atoms with Gasteiger partial charge in [0.2, 0.25) is 0 Å². The number of aromatic nitrogens is 5. The van der Waals surface area contributed by atoms with Gasteiger partial charge in [-0.05, 0) is 15.9 Å². The zero-order chi connectivity index (χ0) is 17.3. The SMILES string of the molecule is Cn1c(Br)nc2ncc(OC(=CN)c3cnccn3)c(C(F)F)c21. The quantitative estimate of drug-likeness (QED) is 0.681. The number of pyridine rings is 1. The van der Waals surface area contributed by atoms with Crippen LogP contribution in [0.2, 0.25) is 0 Å². The maximum atomic E-state index is 13.7. The van der Waals surface area contributed by atoms with Crippen LogP contribution >= 0.6 is 15.9 Å². The Kier molecular flexibility index (Phi) is 4.38. The summed E-state index contributed by atoms with van der Waals surface area (Å²) in [6, 6.07) is 0. The Hall–Kier alpha value is -2.62. The summed E-state index contributed by atoms with van der Waals surface area (Å²) < 4.78 is 34.7. The highest BCUT2D eigenvalue weighted by molar-refractivity contribution is 9.10. The maximum absolute atomic E-state index is 13.7. The van der Waals surface area contributed by atoms with Crippen molar-refractivity contribution in [1.82, 2.24) is 24.5 Å². The molecule has 3 aromatic rings. The van der Waals surface area contributed by atoms with Gasteiger partial charge in [0.15, 0.2) is 21.9 Å². The number of aryl methyl sites for hydroxylation is 1. The summed E-state index contributed by atoms with van der Waals surface area (Å²) in [4.78, 5) is 16.1. The summed E-state index contributed by atoms with van der Waals surface area (Å²) in [7, 11) is 1.60. The van der Waals surface area contributed by atoms with Crippen molar-refractivity contribution < 1.29 is 13.5 Å². The lowest BCUT2D eigenvalue weighted by Crippen LogP contribution is -2.05. The Morgan fingerprint density at radius 3 is 2.75 bits per heavy atom. The highest BCUT2D eigenvalue weighted by Gasteiger charge is 2.24. The van der Waals surface area contributed by atoms with Crippen LogP contribution in [0, 0.1) is 0 Å². The molecule has 7 nitrogen and oxygen atoms in total. The van der Waals surface area contributed by atoms with Gasteiger partial charge in [-0.1, -0.05) is 0 Å². The predicted molar refractivity (Wildman–Crippen MR) is 86.0 cm³/mol. The number of halogens is 3. The minimum atomic E-state index is -2.80. The third-order valence-electron chi connectivity index (χ3n) is 3.25. The van der Waals surface area contributed by atoms with Crippen molar-refractivity contribution in [2.45, 2.75) is 6.43 Å². The summed E-state index contributed by atoms with van der Waals surface area (Å²) in [5.74, 6) is -0.0391. The molecule has 0 radical (unpaired) electrons. The van der Waals surface area contributed by atoms with Crippen LogP contribution in [0.25, 0.3) is 16.9 Å². The van der Waals surface area contributed by atoms with Crippen LogP contribution < -0.4 is 10.5 Å². The molecule has 3 rings (SSSR count). The van der Waals surface area contributed by atoms with Gasteiger partial charge in [-0.25, -0.2) is 23.7 Å². The maximum Gasteiger partial charge on any atom is 0.269 e. The Balaban J connectivity index is 2.12. The van der Waals surface area contributed by atoms with E-state index in [1.807, 2.05) is 0 Å². The van der Waals surface area contributed by atoms with Gasteiger partial charge in [-0.3, -0.25) is 4.98 Å². The fourth-order valence-electron chi connectivity index (χ4n) is 2.16. The summed E-state index contributed by atoms with van der Waals surface area (Å²) in [6.07, 6.45) is 3.84. The van der Waals surface area contributed by atoms with E-state index in [0.717, 1.165) is 6.20 Å². The van der Waals surface area contributed by atoms with Crippen molar-refractivity contribution >= 4 is 32.9 Å². The number of alkyl halides is 2. The normalized spacial score (nSPS) is 12.1. The fourth-order valence-corrected chi connectivity index (χ4v) is 2.51. The molecular weight excluding hydrogens is 386 g/mol. The molecule has 0 aliphatic rings. The first-order chi connectivity index (χ1) is 11.5. The molecule has 0 spiro atoms. The molecule has 0 aromatic carbocycles. The molecule has 2 N–H and O–H groups in total. The number of nitrogens with two attached hydrogens (primary N) is 1. The molecule has 0 saturated carbocycles. The van der Waals surface area contributed by atoms with E-state index in [4.69, 9.17) is 10.5 Å². The van der Waals surface area contributed by atoms with Gasteiger partial charge in [-0.2, -0.15) is 0 Å². The molecule has 124 valence electrons. The Bertz CT molecular complexity index is 913. The zero-order valence-electron chi connectivity index (χ0n) is 12.3. The van der Waals surface area contributed by atoms with E-state index in [-0.39, 0.29) is 28.2 Å². The smallest absolute Gasteiger partial charge is 0.269 e. The molecule has 0 saturated heterocycles. The molecule has 24 heavy (non-hydrogen) atoms. The van der Waals surface area contributed by atoms with E-state index in [0.29, 0.717) is 10.4 Å². The van der Waals surface area contributed by atoms with Crippen LogP contribution in [0.4, 0.5) is 8.78 Å². The summed E-state index contributed by atoms with van der Waals surface area (Å²) in [5, 5.41) is 0. The molecule has 0 atom stereocenters. The topological polar surface area (TPSA) is 91.7 Å². The van der Waals surface area contributed by atoms with E-state index in [1.54, 1.807) is 7.05 Å². The molecule has 3 aromatic heterocycles. The second-order valence-electron chi connectivity index (χ2n) is 4.67. The molecule has 3 heterocycles. The van der Waals surface area contributed by atoms with Crippen molar-refractivity contribution in [1.29, 1.82) is 0 Å². The molecule has 0 aliphatic heterocycles. The van der Waals surface area contributed by atoms with Crippen LogP contribution in [-0.4, -0.2) is 24.5 Å². The predicted octanol–water partition coefficient (Wildman–Crippen LogP) is 2.79. The second kappa shape index (κ2) is 6.48. The third-order valence-corrected chi connectivity index (χ3v) is 3.96. The molecule has 0 fully saturated rings. The van der Waals surface area contributed by atoms with Gasteiger partial charge in [-0.15, -0.1) is 0 Å². The molecular formula is C14H11BrF2N6O. The van der Waals surface area contributed by atoms with Crippen molar-refractivity contribution in [3.8, 4) is 5.75 Å². The van der Waals surface area contributed by atoms with Gasteiger partial charge < -0.3 is 15.0 Å². The number of rotatable bonds is 4. The van der Waals surface area contributed by atoms with Crippen LogP contribution in [0.1, 0.15) is 17.7 Å². The minimum Gasteiger partial charge on any atom is -0.451 e. The summed E-state index contributed by atoms with van der Waals surface area (Å²) in [6.45, 7) is 0. The number of nitrogens with zero attached hydrogens (tertiary/aromatic N) is 5. The van der Waals surface area contributed by atoms with Crippen molar-refractivity contribution in [3.05, 3.63) is 47.0 Å². The van der Waals surface area contributed by atoms with Gasteiger partial charge in [0.1, 0.15) is 11.2 Å². The number of hydrogen-bond acceptors (Lipinski definition) is 6. The first kappa shape index (κ1) is 16.2. The Morgan fingerprint density at radius 2 is 2.12 bits per heavy atom. The third kappa shape index (κ3) is 2.80. The average molecular weight is 397 g/mol. The Labute approximate surface area is 143 Å². The fraction of sp³-hybridized carbons (Fsp3) is 0.143. The Morgan fingerprint density at radius 1 is 1.33 bits per heavy atom. The molecule has 0 aliphatic carbocycles. The molecule has 10 heteroatoms. The van der Waals surface area contributed by atoms with E-state index < -0.39 is 6.43 Å². The van der Waals surface area contributed by atoms with E-state index in [9.17, 15) is 8.78 Å². The summed E-state index contributed by atoms with van der Waals surface area (Å²) in [5.41, 5.74) is 5.88. The summed E-state index contributed by atoms with van der Waals surface area (Å²) >= 11 is 3.19. The van der Waals surface area contributed by atoms with Crippen LogP contribution in [0.3, 0.4) is 0 Å².